The Morgan fingerprint density at radius 1 is 1.38 bits per heavy atom. The predicted molar refractivity (Wildman–Crippen MR) is 94.4 cm³/mol. The Hall–Kier alpha value is -2.59. The van der Waals surface area contributed by atoms with E-state index in [1.54, 1.807) is 11.8 Å². The van der Waals surface area contributed by atoms with Crippen LogP contribution in [0.25, 0.3) is 0 Å². The molecule has 0 aromatic carbocycles. The van der Waals surface area contributed by atoms with Crippen molar-refractivity contribution in [3.63, 3.8) is 0 Å². The fourth-order valence-corrected chi connectivity index (χ4v) is 2.91. The van der Waals surface area contributed by atoms with Crippen LogP contribution in [0.4, 0.5) is 0 Å². The zero-order chi connectivity index (χ0) is 19.5. The van der Waals surface area contributed by atoms with Gasteiger partial charge in [-0.2, -0.15) is 0 Å². The molecule has 0 bridgehead atoms. The summed E-state index contributed by atoms with van der Waals surface area (Å²) in [5, 5.41) is 10.1. The van der Waals surface area contributed by atoms with Gasteiger partial charge in [0.2, 0.25) is 0 Å². The van der Waals surface area contributed by atoms with Crippen LogP contribution in [-0.4, -0.2) is 60.1 Å². The molecule has 0 radical (unpaired) electrons. The Bertz CT molecular complexity index is 515. The molecule has 5 N–H and O–H groups in total. The van der Waals surface area contributed by atoms with Crippen molar-refractivity contribution >= 4 is 17.8 Å². The molecule has 1 fully saturated rings. The highest BCUT2D eigenvalue weighted by Gasteiger charge is 2.31. The van der Waals surface area contributed by atoms with Crippen LogP contribution in [0.15, 0.2) is 4.99 Å². The van der Waals surface area contributed by atoms with E-state index in [0.717, 1.165) is 0 Å². The van der Waals surface area contributed by atoms with E-state index in [2.05, 4.69) is 10.4 Å². The minimum atomic E-state index is -0.930. The van der Waals surface area contributed by atoms with Crippen molar-refractivity contribution in [1.82, 2.24) is 10.3 Å². The number of nitrogens with two attached hydrogens (primary N) is 2. The summed E-state index contributed by atoms with van der Waals surface area (Å²) in [6, 6.07) is -0.930. The molecule has 1 amide bonds. The van der Waals surface area contributed by atoms with Crippen molar-refractivity contribution in [2.75, 3.05) is 26.2 Å². The first-order chi connectivity index (χ1) is 12.3. The summed E-state index contributed by atoms with van der Waals surface area (Å²) in [5.74, 6) is -0.438. The van der Waals surface area contributed by atoms with Gasteiger partial charge in [-0.1, -0.05) is 0 Å². The van der Waals surface area contributed by atoms with Crippen molar-refractivity contribution in [1.29, 1.82) is 0 Å². The Balaban J connectivity index is 2.51. The number of hydrogen-bond donors (Lipinski definition) is 3. The van der Waals surface area contributed by atoms with Crippen LogP contribution >= 0.6 is 0 Å². The fraction of sp³-hybridized carbons (Fsp3) is 0.800. The molecule has 1 aliphatic rings. The van der Waals surface area contributed by atoms with Crippen LogP contribution in [-0.2, 0) is 14.3 Å². The maximum Gasteiger partial charge on any atom is 0.306 e. The van der Waals surface area contributed by atoms with Gasteiger partial charge in [0, 0.05) is 26.1 Å². The SMILES string of the molecule is CCOC(=O)CC1CCN(C(=O)C(CCCN=C(N)N)N[N+](=O)[O-])CC1. The molecule has 0 saturated carbocycles. The average Bonchev–Trinajstić information content (AvgIpc) is 2.57. The van der Waals surface area contributed by atoms with E-state index >= 15 is 0 Å². The number of nitro groups is 1. The van der Waals surface area contributed by atoms with Crippen LogP contribution in [0.1, 0.15) is 39.0 Å². The number of ether oxygens (including phenoxy) is 1. The van der Waals surface area contributed by atoms with E-state index in [4.69, 9.17) is 16.2 Å². The summed E-state index contributed by atoms with van der Waals surface area (Å²) in [6.07, 6.45) is 2.37. The second kappa shape index (κ2) is 11.1. The number of nitrogens with zero attached hydrogens (tertiary/aromatic N) is 3. The Labute approximate surface area is 152 Å². The second-order valence-electron chi connectivity index (χ2n) is 6.17. The highest BCUT2D eigenvalue weighted by Crippen LogP contribution is 2.22. The normalized spacial score (nSPS) is 15.8. The van der Waals surface area contributed by atoms with Crippen molar-refractivity contribution in [2.45, 2.75) is 45.1 Å². The first kappa shape index (κ1) is 21.5. The van der Waals surface area contributed by atoms with Crippen LogP contribution in [0.5, 0.6) is 0 Å². The quantitative estimate of drug-likeness (QED) is 0.114. The number of guanidine groups is 1. The lowest BCUT2D eigenvalue weighted by Gasteiger charge is -2.33. The molecule has 1 saturated heterocycles. The maximum absolute atomic E-state index is 12.6. The first-order valence-corrected chi connectivity index (χ1v) is 8.73. The van der Waals surface area contributed by atoms with E-state index in [1.165, 1.54) is 0 Å². The molecule has 26 heavy (non-hydrogen) atoms. The van der Waals surface area contributed by atoms with E-state index in [-0.39, 0.29) is 30.2 Å². The van der Waals surface area contributed by atoms with Gasteiger partial charge in [-0.3, -0.25) is 14.6 Å². The summed E-state index contributed by atoms with van der Waals surface area (Å²) >= 11 is 0. The molecule has 1 rings (SSSR count). The van der Waals surface area contributed by atoms with Gasteiger partial charge in [-0.05, 0) is 38.5 Å². The summed E-state index contributed by atoms with van der Waals surface area (Å²) < 4.78 is 4.94. The monoisotopic (exact) mass is 372 g/mol. The number of esters is 1. The largest absolute Gasteiger partial charge is 0.466 e. The number of amides is 1. The van der Waals surface area contributed by atoms with Gasteiger partial charge in [0.25, 0.3) is 5.91 Å². The molecule has 1 atom stereocenters. The van der Waals surface area contributed by atoms with Crippen molar-refractivity contribution in [3.8, 4) is 0 Å². The topological polar surface area (TPSA) is 166 Å². The molecule has 1 heterocycles. The first-order valence-electron chi connectivity index (χ1n) is 8.73. The lowest BCUT2D eigenvalue weighted by atomic mass is 9.93. The van der Waals surface area contributed by atoms with Gasteiger partial charge >= 0.3 is 5.97 Å². The molecule has 1 aliphatic heterocycles. The predicted octanol–water partition coefficient (Wildman–Crippen LogP) is -0.618. The lowest BCUT2D eigenvalue weighted by Crippen LogP contribution is -2.50. The smallest absolute Gasteiger partial charge is 0.306 e. The third kappa shape index (κ3) is 7.99. The maximum atomic E-state index is 12.6. The van der Waals surface area contributed by atoms with Crippen LogP contribution in [0, 0.1) is 16.0 Å². The number of rotatable bonds is 10. The molecule has 11 heteroatoms. The fourth-order valence-electron chi connectivity index (χ4n) is 2.91. The highest BCUT2D eigenvalue weighted by atomic mass is 16.7. The Morgan fingerprint density at radius 3 is 2.58 bits per heavy atom. The number of piperidine rings is 1. The van der Waals surface area contributed by atoms with Crippen molar-refractivity contribution in [3.05, 3.63) is 10.1 Å². The van der Waals surface area contributed by atoms with Gasteiger partial charge in [-0.25, -0.2) is 10.1 Å². The van der Waals surface area contributed by atoms with E-state index < -0.39 is 11.1 Å². The van der Waals surface area contributed by atoms with Gasteiger partial charge in [-0.15, -0.1) is 5.43 Å². The molecule has 0 aromatic heterocycles. The van der Waals surface area contributed by atoms with E-state index in [1.807, 2.05) is 0 Å². The number of hydrogen-bond acceptors (Lipinski definition) is 6. The number of carbonyl (C=O) groups excluding carboxylic acids is 2. The summed E-state index contributed by atoms with van der Waals surface area (Å²) in [6.45, 7) is 3.34. The minimum Gasteiger partial charge on any atom is -0.466 e. The van der Waals surface area contributed by atoms with Gasteiger partial charge in [0.05, 0.1) is 6.61 Å². The van der Waals surface area contributed by atoms with E-state index in [9.17, 15) is 19.7 Å². The Morgan fingerprint density at radius 2 is 2.04 bits per heavy atom. The van der Waals surface area contributed by atoms with Gasteiger partial charge in [0.1, 0.15) is 0 Å². The second-order valence-corrected chi connectivity index (χ2v) is 6.17. The van der Waals surface area contributed by atoms with Crippen molar-refractivity contribution in [2.24, 2.45) is 22.4 Å². The average molecular weight is 372 g/mol. The molecule has 0 spiro atoms. The number of nitrogens with one attached hydrogen (secondary N) is 1. The Kier molecular flexibility index (Phi) is 9.17. The van der Waals surface area contributed by atoms with Gasteiger partial charge in [0.15, 0.2) is 17.0 Å². The number of likely N-dealkylation sites (tertiary alicyclic amines) is 1. The molecule has 11 nitrogen and oxygen atoms in total. The molecule has 0 aromatic rings. The zero-order valence-electron chi connectivity index (χ0n) is 15.1. The lowest BCUT2D eigenvalue weighted by molar-refractivity contribution is -0.548. The zero-order valence-corrected chi connectivity index (χ0v) is 15.1. The summed E-state index contributed by atoms with van der Waals surface area (Å²) in [4.78, 5) is 40.3. The van der Waals surface area contributed by atoms with Crippen LogP contribution in [0.3, 0.4) is 0 Å². The highest BCUT2D eigenvalue weighted by molar-refractivity contribution is 5.81. The number of hydrazine groups is 1. The third-order valence-electron chi connectivity index (χ3n) is 4.19. The van der Waals surface area contributed by atoms with Crippen LogP contribution in [0.2, 0.25) is 0 Å². The van der Waals surface area contributed by atoms with E-state index in [0.29, 0.717) is 51.9 Å². The molecule has 148 valence electrons. The molecule has 1 unspecified atom stereocenters. The van der Waals surface area contributed by atoms with Gasteiger partial charge < -0.3 is 21.1 Å². The molecule has 0 aliphatic carbocycles. The van der Waals surface area contributed by atoms with Crippen LogP contribution < -0.4 is 16.9 Å². The summed E-state index contributed by atoms with van der Waals surface area (Å²) in [7, 11) is 0. The van der Waals surface area contributed by atoms with Crippen molar-refractivity contribution < 1.29 is 19.4 Å². The standard InChI is InChI=1S/C15H28N6O5/c1-2-26-13(22)10-11-5-8-20(9-6-11)14(23)12(19-21(24)25)4-3-7-18-15(16)17/h11-12,19H,2-10H2,1H3,(H4,16,17,18). The third-order valence-corrected chi connectivity index (χ3v) is 4.19. The molecular weight excluding hydrogens is 344 g/mol. The molecular formula is C15H28N6O5. The number of carbonyl (C=O) groups is 2. The minimum absolute atomic E-state index is 0.0567. The summed E-state index contributed by atoms with van der Waals surface area (Å²) in [5.41, 5.74) is 12.5. The number of aliphatic imine (C=N–C) groups is 1.